The van der Waals surface area contributed by atoms with E-state index in [1.54, 1.807) is 19.2 Å². The number of hydrogen-bond acceptors (Lipinski definition) is 6. The van der Waals surface area contributed by atoms with Gasteiger partial charge in [-0.05, 0) is 53.8 Å². The van der Waals surface area contributed by atoms with Gasteiger partial charge in [0, 0.05) is 49.7 Å². The maximum atomic E-state index is 13.2. The molecule has 180 valence electrons. The molecule has 0 aliphatic carbocycles. The van der Waals surface area contributed by atoms with Crippen molar-refractivity contribution >= 4 is 27.3 Å². The first-order chi connectivity index (χ1) is 16.4. The van der Waals surface area contributed by atoms with Crippen molar-refractivity contribution in [2.24, 2.45) is 0 Å². The number of rotatable bonds is 8. The zero-order valence-corrected chi connectivity index (χ0v) is 20.8. The predicted molar refractivity (Wildman–Crippen MR) is 134 cm³/mol. The van der Waals surface area contributed by atoms with E-state index < -0.39 is 10.0 Å². The normalized spacial score (nSPS) is 15.1. The van der Waals surface area contributed by atoms with Gasteiger partial charge in [0.15, 0.2) is 0 Å². The lowest BCUT2D eigenvalue weighted by Gasteiger charge is -2.22. The van der Waals surface area contributed by atoms with Gasteiger partial charge in [0.25, 0.3) is 5.91 Å². The highest BCUT2D eigenvalue weighted by molar-refractivity contribution is 7.89. The van der Waals surface area contributed by atoms with Crippen LogP contribution in [-0.4, -0.2) is 57.4 Å². The fraction of sp³-hybridized carbons (Fsp3) is 0.320. The highest BCUT2D eigenvalue weighted by Crippen LogP contribution is 2.18. The molecule has 0 unspecified atom stereocenters. The van der Waals surface area contributed by atoms with E-state index in [-0.39, 0.29) is 17.3 Å². The van der Waals surface area contributed by atoms with Crippen molar-refractivity contribution in [3.8, 4) is 5.75 Å². The summed E-state index contributed by atoms with van der Waals surface area (Å²) in [6.07, 6.45) is 0.863. The van der Waals surface area contributed by atoms with E-state index in [0.29, 0.717) is 18.7 Å². The molecule has 7 nitrogen and oxygen atoms in total. The first-order valence-electron chi connectivity index (χ1n) is 11.2. The summed E-state index contributed by atoms with van der Waals surface area (Å²) >= 11 is 1.49. The van der Waals surface area contributed by atoms with Crippen LogP contribution in [0.3, 0.4) is 0 Å². The van der Waals surface area contributed by atoms with Gasteiger partial charge in [0.2, 0.25) is 10.0 Å². The van der Waals surface area contributed by atoms with E-state index >= 15 is 0 Å². The number of nitrogens with one attached hydrogen (secondary N) is 1. The summed E-state index contributed by atoms with van der Waals surface area (Å²) in [7, 11) is -2.06. The Hall–Kier alpha value is -2.72. The third-order valence-electron chi connectivity index (χ3n) is 5.85. The summed E-state index contributed by atoms with van der Waals surface area (Å²) < 4.78 is 33.3. The summed E-state index contributed by atoms with van der Waals surface area (Å²) in [6.45, 7) is 3.95. The molecule has 1 aromatic heterocycles. The smallest absolute Gasteiger partial charge is 0.253 e. The Kier molecular flexibility index (Phi) is 7.99. The maximum absolute atomic E-state index is 13.2. The van der Waals surface area contributed by atoms with Crippen molar-refractivity contribution in [1.82, 2.24) is 14.5 Å². The minimum atomic E-state index is -3.71. The van der Waals surface area contributed by atoms with E-state index in [1.165, 1.54) is 29.0 Å². The Morgan fingerprint density at radius 2 is 1.85 bits per heavy atom. The van der Waals surface area contributed by atoms with E-state index in [4.69, 9.17) is 4.74 Å². The van der Waals surface area contributed by atoms with Crippen LogP contribution in [0, 0.1) is 0 Å². The fourth-order valence-electron chi connectivity index (χ4n) is 3.96. The molecule has 2 aromatic carbocycles. The topological polar surface area (TPSA) is 79.0 Å². The molecule has 0 saturated carbocycles. The van der Waals surface area contributed by atoms with Crippen molar-refractivity contribution in [3.63, 3.8) is 0 Å². The molecule has 1 saturated heterocycles. The highest BCUT2D eigenvalue weighted by Gasteiger charge is 2.22. The molecule has 34 heavy (non-hydrogen) atoms. The Morgan fingerprint density at radius 3 is 2.59 bits per heavy atom. The monoisotopic (exact) mass is 499 g/mol. The molecule has 9 heteroatoms. The molecule has 0 radical (unpaired) electrons. The van der Waals surface area contributed by atoms with Gasteiger partial charge >= 0.3 is 0 Å². The Bertz CT molecular complexity index is 1200. The van der Waals surface area contributed by atoms with Crippen molar-refractivity contribution < 1.29 is 17.9 Å². The van der Waals surface area contributed by atoms with Gasteiger partial charge in [-0.25, -0.2) is 13.1 Å². The molecule has 0 bridgehead atoms. The number of methoxy groups -OCH3 is 1. The Balaban J connectivity index is 1.37. The minimum Gasteiger partial charge on any atom is -0.497 e. The van der Waals surface area contributed by atoms with Crippen LogP contribution >= 0.6 is 11.3 Å². The first-order valence-corrected chi connectivity index (χ1v) is 13.6. The highest BCUT2D eigenvalue weighted by atomic mass is 32.2. The largest absolute Gasteiger partial charge is 0.497 e. The third-order valence-corrected chi connectivity index (χ3v) is 8.12. The van der Waals surface area contributed by atoms with Gasteiger partial charge in [-0.15, -0.1) is 11.3 Å². The van der Waals surface area contributed by atoms with Crippen LogP contribution in [0.4, 0.5) is 0 Å². The third kappa shape index (κ3) is 6.24. The van der Waals surface area contributed by atoms with Crippen molar-refractivity contribution in [2.45, 2.75) is 24.4 Å². The minimum absolute atomic E-state index is 0.103. The molecule has 2 heterocycles. The molecule has 1 aliphatic rings. The number of carbonyl (C=O) groups is 1. The van der Waals surface area contributed by atoms with Crippen molar-refractivity contribution in [3.05, 3.63) is 82.0 Å². The lowest BCUT2D eigenvalue weighted by atomic mass is 10.2. The number of nitrogens with zero attached hydrogens (tertiary/aromatic N) is 2. The quantitative estimate of drug-likeness (QED) is 0.513. The van der Waals surface area contributed by atoms with Gasteiger partial charge in [-0.3, -0.25) is 9.69 Å². The predicted octanol–water partition coefficient (Wildman–Crippen LogP) is 3.58. The second-order valence-corrected chi connectivity index (χ2v) is 11.0. The van der Waals surface area contributed by atoms with Crippen LogP contribution in [0.1, 0.15) is 27.2 Å². The molecule has 0 atom stereocenters. The molecule has 1 fully saturated rings. The molecular formula is C25H29N3O4S2. The lowest BCUT2D eigenvalue weighted by molar-refractivity contribution is 0.0761. The molecule has 4 rings (SSSR count). The number of sulfonamides is 1. The average molecular weight is 500 g/mol. The second kappa shape index (κ2) is 11.1. The number of amides is 1. The molecular weight excluding hydrogens is 470 g/mol. The van der Waals surface area contributed by atoms with E-state index in [1.807, 2.05) is 34.5 Å². The zero-order chi connectivity index (χ0) is 24.0. The van der Waals surface area contributed by atoms with Gasteiger partial charge in [-0.1, -0.05) is 24.3 Å². The van der Waals surface area contributed by atoms with Crippen LogP contribution in [0.25, 0.3) is 0 Å². The summed E-state index contributed by atoms with van der Waals surface area (Å²) in [5, 5.41) is 1.91. The van der Waals surface area contributed by atoms with Crippen LogP contribution in [0.5, 0.6) is 5.75 Å². The Morgan fingerprint density at radius 1 is 1.03 bits per heavy atom. The van der Waals surface area contributed by atoms with Gasteiger partial charge < -0.3 is 9.64 Å². The Labute approximate surface area is 205 Å². The first kappa shape index (κ1) is 24.4. The average Bonchev–Trinajstić information content (AvgIpc) is 3.28. The second-order valence-electron chi connectivity index (χ2n) is 8.20. The summed E-state index contributed by atoms with van der Waals surface area (Å²) in [5.74, 6) is 0.698. The molecule has 0 spiro atoms. The number of ether oxygens (including phenoxy) is 1. The van der Waals surface area contributed by atoms with Crippen LogP contribution in [-0.2, 0) is 23.1 Å². The molecule has 3 aromatic rings. The van der Waals surface area contributed by atoms with Gasteiger partial charge in [0.1, 0.15) is 5.75 Å². The summed E-state index contributed by atoms with van der Waals surface area (Å²) in [4.78, 5) is 18.4. The number of carbonyl (C=O) groups excluding carboxylic acids is 1. The van der Waals surface area contributed by atoms with Crippen LogP contribution in [0.2, 0.25) is 0 Å². The summed E-state index contributed by atoms with van der Waals surface area (Å²) in [6, 6.07) is 18.1. The van der Waals surface area contributed by atoms with Crippen molar-refractivity contribution in [2.75, 3.05) is 33.3 Å². The van der Waals surface area contributed by atoms with E-state index in [2.05, 4.69) is 21.8 Å². The number of thiophene rings is 1. The lowest BCUT2D eigenvalue weighted by Crippen LogP contribution is -2.35. The van der Waals surface area contributed by atoms with Gasteiger partial charge in [0.05, 0.1) is 12.0 Å². The number of benzene rings is 2. The molecule has 1 aliphatic heterocycles. The standard InChI is InChI=1S/C25H29N3O4S2/c1-32-22-10-8-20(9-11-22)19-27-12-4-13-28(15-14-27)25(29)21-5-2-7-24(17-21)34(30,31)26-18-23-6-3-16-33-23/h2-3,5-11,16-17,26H,4,12-15,18-19H2,1H3. The van der Waals surface area contributed by atoms with Crippen molar-refractivity contribution in [1.29, 1.82) is 0 Å². The SMILES string of the molecule is COc1ccc(CN2CCCN(C(=O)c3cccc(S(=O)(=O)NCc4cccs4)c3)CC2)cc1. The zero-order valence-electron chi connectivity index (χ0n) is 19.1. The number of hydrogen-bond donors (Lipinski definition) is 1. The summed E-state index contributed by atoms with van der Waals surface area (Å²) in [5.41, 5.74) is 1.59. The van der Waals surface area contributed by atoms with E-state index in [0.717, 1.165) is 36.7 Å². The maximum Gasteiger partial charge on any atom is 0.253 e. The van der Waals surface area contributed by atoms with Crippen LogP contribution in [0.15, 0.2) is 70.9 Å². The van der Waals surface area contributed by atoms with E-state index in [9.17, 15) is 13.2 Å². The fourth-order valence-corrected chi connectivity index (χ4v) is 5.75. The molecule has 1 N–H and O–H groups in total. The van der Waals surface area contributed by atoms with Gasteiger partial charge in [-0.2, -0.15) is 0 Å². The molecule has 1 amide bonds. The van der Waals surface area contributed by atoms with Crippen LogP contribution < -0.4 is 9.46 Å².